The summed E-state index contributed by atoms with van der Waals surface area (Å²) < 4.78 is 14.4. The maximum atomic E-state index is 14.4. The minimum Gasteiger partial charge on any atom is -0.314 e. The van der Waals surface area contributed by atoms with E-state index in [1.807, 2.05) is 19.1 Å². The Morgan fingerprint density at radius 2 is 2.00 bits per heavy atom. The van der Waals surface area contributed by atoms with Gasteiger partial charge in [0.15, 0.2) is 0 Å². The van der Waals surface area contributed by atoms with Gasteiger partial charge in [-0.1, -0.05) is 51.8 Å². The Bertz CT molecular complexity index is 480. The Balaban J connectivity index is 2.33. The van der Waals surface area contributed by atoms with Crippen LogP contribution in [0.25, 0.3) is 0 Å². The van der Waals surface area contributed by atoms with Crippen LogP contribution in [0.2, 0.25) is 0 Å². The molecule has 2 rings (SSSR count). The summed E-state index contributed by atoms with van der Waals surface area (Å²) in [7, 11) is 0. The van der Waals surface area contributed by atoms with Crippen LogP contribution in [0.3, 0.4) is 0 Å². The van der Waals surface area contributed by atoms with E-state index >= 15 is 0 Å². The fourth-order valence-corrected chi connectivity index (χ4v) is 4.07. The normalized spacial score (nSPS) is 26.9. The number of nitrogens with one attached hydrogen (secondary N) is 1. The first-order valence-electron chi connectivity index (χ1n) is 8.36. The van der Waals surface area contributed by atoms with E-state index in [2.05, 4.69) is 33.0 Å². The molecule has 1 N–H and O–H groups in total. The SMILES string of the molecule is CCNC1CC(C)CCC1C(C)(C)c1cc(C)ccc1F. The molecule has 3 atom stereocenters. The summed E-state index contributed by atoms with van der Waals surface area (Å²) >= 11 is 0. The Labute approximate surface area is 129 Å². The second kappa shape index (κ2) is 6.48. The van der Waals surface area contributed by atoms with Crippen LogP contribution in [-0.4, -0.2) is 12.6 Å². The van der Waals surface area contributed by atoms with Gasteiger partial charge < -0.3 is 5.32 Å². The van der Waals surface area contributed by atoms with Crippen molar-refractivity contribution < 1.29 is 4.39 Å². The number of hydrogen-bond donors (Lipinski definition) is 1. The number of benzene rings is 1. The van der Waals surface area contributed by atoms with Gasteiger partial charge in [0.2, 0.25) is 0 Å². The Morgan fingerprint density at radius 3 is 2.67 bits per heavy atom. The Hall–Kier alpha value is -0.890. The van der Waals surface area contributed by atoms with Gasteiger partial charge >= 0.3 is 0 Å². The Morgan fingerprint density at radius 1 is 1.29 bits per heavy atom. The fourth-order valence-electron chi connectivity index (χ4n) is 4.07. The lowest BCUT2D eigenvalue weighted by Crippen LogP contribution is -2.48. The van der Waals surface area contributed by atoms with Gasteiger partial charge in [0.25, 0.3) is 0 Å². The number of rotatable bonds is 4. The monoisotopic (exact) mass is 291 g/mol. The van der Waals surface area contributed by atoms with Gasteiger partial charge in [-0.3, -0.25) is 0 Å². The zero-order chi connectivity index (χ0) is 15.6. The smallest absolute Gasteiger partial charge is 0.126 e. The first kappa shape index (κ1) is 16.5. The minimum atomic E-state index is -0.136. The fraction of sp³-hybridized carbons (Fsp3) is 0.684. The van der Waals surface area contributed by atoms with E-state index in [1.165, 1.54) is 19.3 Å². The van der Waals surface area contributed by atoms with Crippen molar-refractivity contribution in [2.75, 3.05) is 6.54 Å². The molecular formula is C19H30FN. The summed E-state index contributed by atoms with van der Waals surface area (Å²) in [5, 5.41) is 3.65. The second-order valence-corrected chi connectivity index (χ2v) is 7.39. The van der Waals surface area contributed by atoms with Gasteiger partial charge in [-0.25, -0.2) is 4.39 Å². The van der Waals surface area contributed by atoms with Crippen LogP contribution in [0.4, 0.5) is 4.39 Å². The van der Waals surface area contributed by atoms with Crippen molar-refractivity contribution >= 4 is 0 Å². The van der Waals surface area contributed by atoms with Crippen LogP contribution < -0.4 is 5.32 Å². The van der Waals surface area contributed by atoms with Crippen LogP contribution in [0.5, 0.6) is 0 Å². The molecule has 0 heterocycles. The van der Waals surface area contributed by atoms with Crippen LogP contribution >= 0.6 is 0 Å². The first-order valence-corrected chi connectivity index (χ1v) is 8.36. The average molecular weight is 291 g/mol. The molecule has 1 nitrogen and oxygen atoms in total. The topological polar surface area (TPSA) is 12.0 Å². The third kappa shape index (κ3) is 3.48. The molecular weight excluding hydrogens is 261 g/mol. The highest BCUT2D eigenvalue weighted by Crippen LogP contribution is 2.43. The van der Waals surface area contributed by atoms with Crippen molar-refractivity contribution in [2.24, 2.45) is 11.8 Å². The summed E-state index contributed by atoms with van der Waals surface area (Å²) in [4.78, 5) is 0. The molecule has 2 heteroatoms. The molecule has 1 fully saturated rings. The lowest BCUT2D eigenvalue weighted by atomic mass is 9.63. The average Bonchev–Trinajstić information content (AvgIpc) is 2.41. The maximum Gasteiger partial charge on any atom is 0.126 e. The summed E-state index contributed by atoms with van der Waals surface area (Å²) in [6.07, 6.45) is 3.64. The molecule has 1 aliphatic carbocycles. The van der Waals surface area contributed by atoms with Gasteiger partial charge in [0, 0.05) is 6.04 Å². The van der Waals surface area contributed by atoms with Crippen molar-refractivity contribution in [1.82, 2.24) is 5.32 Å². The predicted molar refractivity (Wildman–Crippen MR) is 88.1 cm³/mol. The number of aryl methyl sites for hydroxylation is 1. The lowest BCUT2D eigenvalue weighted by molar-refractivity contribution is 0.144. The number of halogens is 1. The van der Waals surface area contributed by atoms with E-state index in [9.17, 15) is 4.39 Å². The van der Waals surface area contributed by atoms with E-state index in [1.54, 1.807) is 6.07 Å². The van der Waals surface area contributed by atoms with Crippen LogP contribution in [0.15, 0.2) is 18.2 Å². The van der Waals surface area contributed by atoms with Gasteiger partial charge in [0.1, 0.15) is 5.82 Å². The summed E-state index contributed by atoms with van der Waals surface area (Å²) in [5.41, 5.74) is 1.89. The minimum absolute atomic E-state index is 0.0560. The molecule has 0 bridgehead atoms. The van der Waals surface area contributed by atoms with Gasteiger partial charge in [-0.2, -0.15) is 0 Å². The van der Waals surface area contributed by atoms with Crippen molar-refractivity contribution in [2.45, 2.75) is 65.3 Å². The van der Waals surface area contributed by atoms with E-state index in [4.69, 9.17) is 0 Å². The number of hydrogen-bond acceptors (Lipinski definition) is 1. The molecule has 0 radical (unpaired) electrons. The maximum absolute atomic E-state index is 14.4. The lowest BCUT2D eigenvalue weighted by Gasteiger charge is -2.45. The van der Waals surface area contributed by atoms with Crippen molar-refractivity contribution in [3.05, 3.63) is 35.1 Å². The van der Waals surface area contributed by atoms with Crippen molar-refractivity contribution in [1.29, 1.82) is 0 Å². The third-order valence-electron chi connectivity index (χ3n) is 5.32. The quantitative estimate of drug-likeness (QED) is 0.838. The third-order valence-corrected chi connectivity index (χ3v) is 5.32. The van der Waals surface area contributed by atoms with E-state index in [0.29, 0.717) is 12.0 Å². The van der Waals surface area contributed by atoms with E-state index < -0.39 is 0 Å². The second-order valence-electron chi connectivity index (χ2n) is 7.39. The van der Waals surface area contributed by atoms with Gasteiger partial charge in [0.05, 0.1) is 0 Å². The largest absolute Gasteiger partial charge is 0.314 e. The summed E-state index contributed by atoms with van der Waals surface area (Å²) in [6.45, 7) is 12.0. The highest BCUT2D eigenvalue weighted by atomic mass is 19.1. The molecule has 3 unspecified atom stereocenters. The molecule has 0 saturated heterocycles. The molecule has 0 amide bonds. The first-order chi connectivity index (χ1) is 9.86. The highest BCUT2D eigenvalue weighted by molar-refractivity contribution is 5.31. The van der Waals surface area contributed by atoms with Crippen molar-refractivity contribution in [3.63, 3.8) is 0 Å². The molecule has 1 saturated carbocycles. The Kier molecular flexibility index (Phi) is 5.08. The molecule has 1 aliphatic rings. The molecule has 0 aromatic heterocycles. The highest BCUT2D eigenvalue weighted by Gasteiger charge is 2.40. The zero-order valence-corrected chi connectivity index (χ0v) is 14.2. The van der Waals surface area contributed by atoms with Gasteiger partial charge in [-0.15, -0.1) is 0 Å². The van der Waals surface area contributed by atoms with Crippen LogP contribution in [-0.2, 0) is 5.41 Å². The molecule has 118 valence electrons. The van der Waals surface area contributed by atoms with E-state index in [-0.39, 0.29) is 11.2 Å². The zero-order valence-electron chi connectivity index (χ0n) is 14.2. The molecule has 0 aliphatic heterocycles. The summed E-state index contributed by atoms with van der Waals surface area (Å²) in [6, 6.07) is 6.02. The molecule has 0 spiro atoms. The van der Waals surface area contributed by atoms with Crippen molar-refractivity contribution in [3.8, 4) is 0 Å². The van der Waals surface area contributed by atoms with Crippen LogP contribution in [0.1, 0.15) is 58.1 Å². The standard InChI is InChI=1S/C19H30FN/c1-6-21-18-12-14(3)7-9-15(18)19(4,5)16-11-13(2)8-10-17(16)20/h8,10-11,14-15,18,21H,6-7,9,12H2,1-5H3. The predicted octanol–water partition coefficient (Wildman–Crippen LogP) is 4.83. The summed E-state index contributed by atoms with van der Waals surface area (Å²) in [5.74, 6) is 1.20. The van der Waals surface area contributed by atoms with Gasteiger partial charge in [-0.05, 0) is 55.2 Å². The van der Waals surface area contributed by atoms with E-state index in [0.717, 1.165) is 23.6 Å². The molecule has 21 heavy (non-hydrogen) atoms. The molecule has 1 aromatic rings. The van der Waals surface area contributed by atoms with Crippen LogP contribution in [0, 0.1) is 24.6 Å². The molecule has 1 aromatic carbocycles.